The van der Waals surface area contributed by atoms with Crippen LogP contribution in [0.2, 0.25) is 0 Å². The fourth-order valence-corrected chi connectivity index (χ4v) is 2.31. The van der Waals surface area contributed by atoms with Crippen LogP contribution in [0.4, 0.5) is 0 Å². The van der Waals surface area contributed by atoms with Crippen molar-refractivity contribution < 1.29 is 14.6 Å². The van der Waals surface area contributed by atoms with Crippen LogP contribution in [-0.4, -0.2) is 23.2 Å². The molecule has 1 N–H and O–H groups in total. The van der Waals surface area contributed by atoms with Crippen molar-refractivity contribution in [3.8, 4) is 17.0 Å². The topological polar surface area (TPSA) is 59.4 Å². The molecule has 1 aromatic heterocycles. The highest BCUT2D eigenvalue weighted by atomic mass is 32.1. The number of carboxylic acid groups (broad SMARTS) is 1. The first-order valence-corrected chi connectivity index (χ1v) is 5.87. The molecule has 0 atom stereocenters. The molecule has 0 fully saturated rings. The van der Waals surface area contributed by atoms with Crippen molar-refractivity contribution >= 4 is 17.3 Å². The zero-order valence-electron chi connectivity index (χ0n) is 9.21. The summed E-state index contributed by atoms with van der Waals surface area (Å²) in [6.07, 6.45) is -0.00277. The van der Waals surface area contributed by atoms with Gasteiger partial charge in [-0.1, -0.05) is 12.1 Å². The summed E-state index contributed by atoms with van der Waals surface area (Å²) >= 11 is 1.35. The summed E-state index contributed by atoms with van der Waals surface area (Å²) in [6, 6.07) is 7.44. The lowest BCUT2D eigenvalue weighted by Crippen LogP contribution is -1.99. The quantitative estimate of drug-likeness (QED) is 0.904. The van der Waals surface area contributed by atoms with Gasteiger partial charge in [0.15, 0.2) is 0 Å². The molecule has 0 bridgehead atoms. The predicted octanol–water partition coefficient (Wildman–Crippen LogP) is 2.45. The van der Waals surface area contributed by atoms with Crippen molar-refractivity contribution in [2.75, 3.05) is 7.11 Å². The molecule has 0 aliphatic carbocycles. The van der Waals surface area contributed by atoms with Crippen molar-refractivity contribution in [3.05, 3.63) is 34.7 Å². The van der Waals surface area contributed by atoms with Crippen LogP contribution in [0.3, 0.4) is 0 Å². The van der Waals surface area contributed by atoms with E-state index >= 15 is 0 Å². The number of rotatable bonds is 4. The molecule has 0 aliphatic rings. The van der Waals surface area contributed by atoms with Crippen molar-refractivity contribution in [1.82, 2.24) is 4.98 Å². The Morgan fingerprint density at radius 1 is 1.53 bits per heavy atom. The molecule has 1 heterocycles. The Kier molecular flexibility index (Phi) is 3.39. The SMILES string of the molecule is COc1cccc(-c2ncsc2CC(=O)O)c1. The molecule has 1 aromatic carbocycles. The summed E-state index contributed by atoms with van der Waals surface area (Å²) < 4.78 is 5.13. The highest BCUT2D eigenvalue weighted by Gasteiger charge is 2.12. The number of benzene rings is 1. The van der Waals surface area contributed by atoms with Gasteiger partial charge in [-0.3, -0.25) is 4.79 Å². The number of hydrogen-bond donors (Lipinski definition) is 1. The first-order chi connectivity index (χ1) is 8.20. The van der Waals surface area contributed by atoms with Gasteiger partial charge in [-0.15, -0.1) is 11.3 Å². The Balaban J connectivity index is 2.38. The monoisotopic (exact) mass is 249 g/mol. The van der Waals surface area contributed by atoms with E-state index in [0.29, 0.717) is 0 Å². The standard InChI is InChI=1S/C12H11NO3S/c1-16-9-4-2-3-8(5-9)12-10(6-11(14)15)17-7-13-12/h2-5,7H,6H2,1H3,(H,14,15). The minimum atomic E-state index is -0.849. The average molecular weight is 249 g/mol. The Morgan fingerprint density at radius 2 is 2.35 bits per heavy atom. The molecule has 88 valence electrons. The number of methoxy groups -OCH3 is 1. The molecule has 0 unspecified atom stereocenters. The Bertz CT molecular complexity index is 536. The van der Waals surface area contributed by atoms with Gasteiger partial charge < -0.3 is 9.84 Å². The maximum Gasteiger partial charge on any atom is 0.308 e. The fraction of sp³-hybridized carbons (Fsp3) is 0.167. The first-order valence-electron chi connectivity index (χ1n) is 4.99. The summed E-state index contributed by atoms with van der Waals surface area (Å²) in [5.41, 5.74) is 3.26. The van der Waals surface area contributed by atoms with Gasteiger partial charge in [0.1, 0.15) is 5.75 Å². The first kappa shape index (κ1) is 11.6. The summed E-state index contributed by atoms with van der Waals surface area (Å²) in [5.74, 6) is -0.116. The second-order valence-corrected chi connectivity index (χ2v) is 4.37. The highest BCUT2D eigenvalue weighted by Crippen LogP contribution is 2.28. The number of aliphatic carboxylic acids is 1. The molecule has 0 saturated heterocycles. The van der Waals surface area contributed by atoms with Crippen molar-refractivity contribution in [2.45, 2.75) is 6.42 Å². The van der Waals surface area contributed by atoms with E-state index in [2.05, 4.69) is 4.98 Å². The normalized spacial score (nSPS) is 10.2. The van der Waals surface area contributed by atoms with E-state index in [1.807, 2.05) is 24.3 Å². The zero-order chi connectivity index (χ0) is 12.3. The number of carbonyl (C=O) groups is 1. The number of ether oxygens (including phenoxy) is 1. The van der Waals surface area contributed by atoms with Crippen LogP contribution in [0.1, 0.15) is 4.88 Å². The van der Waals surface area contributed by atoms with Gasteiger partial charge in [0.25, 0.3) is 0 Å². The Labute approximate surface area is 103 Å². The minimum absolute atomic E-state index is 0.00277. The van der Waals surface area contributed by atoms with Gasteiger partial charge >= 0.3 is 5.97 Å². The van der Waals surface area contributed by atoms with Crippen molar-refractivity contribution in [1.29, 1.82) is 0 Å². The Hall–Kier alpha value is -1.88. The summed E-state index contributed by atoms with van der Waals surface area (Å²) in [7, 11) is 1.60. The zero-order valence-corrected chi connectivity index (χ0v) is 10.0. The molecule has 0 radical (unpaired) electrons. The van der Waals surface area contributed by atoms with Crippen LogP contribution in [0, 0.1) is 0 Å². The van der Waals surface area contributed by atoms with E-state index in [-0.39, 0.29) is 6.42 Å². The van der Waals surface area contributed by atoms with Gasteiger partial charge in [0.2, 0.25) is 0 Å². The van der Waals surface area contributed by atoms with Gasteiger partial charge in [0.05, 0.1) is 24.7 Å². The van der Waals surface area contributed by atoms with Crippen molar-refractivity contribution in [2.24, 2.45) is 0 Å². The molecule has 2 rings (SSSR count). The van der Waals surface area contributed by atoms with Gasteiger partial charge in [0, 0.05) is 10.4 Å². The van der Waals surface area contributed by atoms with Gasteiger partial charge in [-0.25, -0.2) is 4.98 Å². The fourth-order valence-electron chi connectivity index (χ4n) is 1.54. The lowest BCUT2D eigenvalue weighted by Gasteiger charge is -2.03. The third-order valence-electron chi connectivity index (χ3n) is 2.30. The highest BCUT2D eigenvalue weighted by molar-refractivity contribution is 7.10. The lowest BCUT2D eigenvalue weighted by molar-refractivity contribution is -0.136. The molecular weight excluding hydrogens is 238 g/mol. The molecule has 0 amide bonds. The molecule has 0 saturated carbocycles. The summed E-state index contributed by atoms with van der Waals surface area (Å²) in [5, 5.41) is 8.81. The van der Waals surface area contributed by atoms with Crippen LogP contribution in [0.5, 0.6) is 5.75 Å². The third kappa shape index (κ3) is 2.62. The van der Waals surface area contributed by atoms with Crippen LogP contribution >= 0.6 is 11.3 Å². The lowest BCUT2D eigenvalue weighted by atomic mass is 10.1. The number of carboxylic acids is 1. The van der Waals surface area contributed by atoms with Gasteiger partial charge in [-0.2, -0.15) is 0 Å². The maximum atomic E-state index is 10.7. The van der Waals surface area contributed by atoms with E-state index in [1.165, 1.54) is 11.3 Å². The van der Waals surface area contributed by atoms with E-state index in [0.717, 1.165) is 21.9 Å². The van der Waals surface area contributed by atoms with E-state index in [9.17, 15) is 4.79 Å². The van der Waals surface area contributed by atoms with E-state index < -0.39 is 5.97 Å². The molecular formula is C12H11NO3S. The van der Waals surface area contributed by atoms with Crippen LogP contribution in [0.25, 0.3) is 11.3 Å². The predicted molar refractivity (Wildman–Crippen MR) is 65.4 cm³/mol. The third-order valence-corrected chi connectivity index (χ3v) is 3.13. The average Bonchev–Trinajstić information content (AvgIpc) is 2.76. The molecule has 0 spiro atoms. The largest absolute Gasteiger partial charge is 0.497 e. The summed E-state index contributed by atoms with van der Waals surface area (Å²) in [4.78, 5) is 15.7. The molecule has 2 aromatic rings. The number of thiazole rings is 1. The van der Waals surface area contributed by atoms with Crippen LogP contribution in [-0.2, 0) is 11.2 Å². The molecule has 4 nitrogen and oxygen atoms in total. The molecule has 0 aliphatic heterocycles. The smallest absolute Gasteiger partial charge is 0.308 e. The number of nitrogens with zero attached hydrogens (tertiary/aromatic N) is 1. The maximum absolute atomic E-state index is 10.7. The second-order valence-electron chi connectivity index (χ2n) is 3.43. The second kappa shape index (κ2) is 4.97. The van der Waals surface area contributed by atoms with Crippen molar-refractivity contribution in [3.63, 3.8) is 0 Å². The van der Waals surface area contributed by atoms with Gasteiger partial charge in [-0.05, 0) is 12.1 Å². The van der Waals surface area contributed by atoms with Crippen LogP contribution in [0.15, 0.2) is 29.8 Å². The number of aromatic nitrogens is 1. The molecule has 5 heteroatoms. The number of hydrogen-bond acceptors (Lipinski definition) is 4. The van der Waals surface area contributed by atoms with E-state index in [4.69, 9.17) is 9.84 Å². The minimum Gasteiger partial charge on any atom is -0.497 e. The van der Waals surface area contributed by atoms with E-state index in [1.54, 1.807) is 12.6 Å². The van der Waals surface area contributed by atoms with Crippen LogP contribution < -0.4 is 4.74 Å². The Morgan fingerprint density at radius 3 is 3.06 bits per heavy atom. The summed E-state index contributed by atoms with van der Waals surface area (Å²) in [6.45, 7) is 0. The molecule has 17 heavy (non-hydrogen) atoms.